The normalized spacial score (nSPS) is 38.6. The number of allylic oxidation sites excluding steroid dienone is 3. The first kappa shape index (κ1) is 10.7. The molecule has 84 valence electrons. The van der Waals surface area contributed by atoms with Crippen LogP contribution in [0, 0.1) is 5.41 Å². The lowest BCUT2D eigenvalue weighted by Crippen LogP contribution is -2.52. The molecule has 0 aromatic rings. The molecule has 1 aliphatic heterocycles. The Bertz CT molecular complexity index is 338. The average Bonchev–Trinajstić information content (AvgIpc) is 2.11. The van der Waals surface area contributed by atoms with E-state index in [1.165, 1.54) is 5.57 Å². The fourth-order valence-electron chi connectivity index (χ4n) is 2.84. The van der Waals surface area contributed by atoms with Crippen LogP contribution in [-0.4, -0.2) is 16.8 Å². The third-order valence-electron chi connectivity index (χ3n) is 3.80. The van der Waals surface area contributed by atoms with E-state index in [2.05, 4.69) is 19.9 Å². The molecule has 0 unspecified atom stereocenters. The fourth-order valence-corrected chi connectivity index (χ4v) is 2.84. The van der Waals surface area contributed by atoms with Crippen LogP contribution >= 0.6 is 0 Å². The summed E-state index contributed by atoms with van der Waals surface area (Å²) in [4.78, 5) is 0. The molecule has 0 spiro atoms. The van der Waals surface area contributed by atoms with Crippen molar-refractivity contribution in [3.63, 3.8) is 0 Å². The summed E-state index contributed by atoms with van der Waals surface area (Å²) in [6, 6.07) is 0. The van der Waals surface area contributed by atoms with Crippen LogP contribution in [0.25, 0.3) is 0 Å². The number of hydrogen-bond donors (Lipinski definition) is 1. The van der Waals surface area contributed by atoms with Gasteiger partial charge in [-0.05, 0) is 43.8 Å². The quantitative estimate of drug-likeness (QED) is 0.663. The summed E-state index contributed by atoms with van der Waals surface area (Å²) in [6.45, 7) is 8.38. The molecule has 1 N–H and O–H groups in total. The molecule has 15 heavy (non-hydrogen) atoms. The molecule has 2 aliphatic rings. The van der Waals surface area contributed by atoms with Crippen LogP contribution in [0.1, 0.15) is 40.5 Å². The van der Waals surface area contributed by atoms with Gasteiger partial charge in [0.2, 0.25) is 0 Å². The maximum absolute atomic E-state index is 10.1. The van der Waals surface area contributed by atoms with Crippen molar-refractivity contribution in [3.8, 4) is 0 Å². The molecule has 1 saturated carbocycles. The molecule has 0 radical (unpaired) electrons. The molecule has 2 rings (SSSR count). The second kappa shape index (κ2) is 3.11. The number of rotatable bonds is 0. The smallest absolute Gasteiger partial charge is 0.153 e. The summed E-state index contributed by atoms with van der Waals surface area (Å²) in [6.07, 6.45) is 5.57. The van der Waals surface area contributed by atoms with Crippen LogP contribution in [0.15, 0.2) is 23.5 Å². The van der Waals surface area contributed by atoms with E-state index in [0.29, 0.717) is 0 Å². The molecule has 0 aromatic carbocycles. The van der Waals surface area contributed by atoms with E-state index in [1.54, 1.807) is 0 Å². The molecule has 0 aromatic heterocycles. The topological polar surface area (TPSA) is 29.5 Å². The van der Waals surface area contributed by atoms with Crippen LogP contribution in [0.5, 0.6) is 0 Å². The average molecular weight is 208 g/mol. The Labute approximate surface area is 91.6 Å². The molecular formula is C13H20O2. The van der Waals surface area contributed by atoms with Crippen LogP contribution in [0.4, 0.5) is 0 Å². The molecular weight excluding hydrogens is 188 g/mol. The van der Waals surface area contributed by atoms with Crippen LogP contribution in [0.3, 0.4) is 0 Å². The van der Waals surface area contributed by atoms with Gasteiger partial charge in [-0.15, -0.1) is 0 Å². The van der Waals surface area contributed by atoms with Crippen molar-refractivity contribution < 1.29 is 9.84 Å². The number of ether oxygens (including phenoxy) is 1. The molecule has 2 atom stereocenters. The summed E-state index contributed by atoms with van der Waals surface area (Å²) in [5, 5.41) is 10.1. The summed E-state index contributed by atoms with van der Waals surface area (Å²) >= 11 is 0. The summed E-state index contributed by atoms with van der Waals surface area (Å²) < 4.78 is 5.87. The van der Waals surface area contributed by atoms with Crippen molar-refractivity contribution in [1.29, 1.82) is 0 Å². The van der Waals surface area contributed by atoms with Crippen LogP contribution in [-0.2, 0) is 4.74 Å². The van der Waals surface area contributed by atoms with Crippen molar-refractivity contribution in [2.75, 3.05) is 0 Å². The zero-order chi connectivity index (χ0) is 11.3. The van der Waals surface area contributed by atoms with E-state index in [0.717, 1.165) is 18.6 Å². The van der Waals surface area contributed by atoms with E-state index in [1.807, 2.05) is 19.9 Å². The third kappa shape index (κ3) is 1.51. The second-order valence-corrected chi connectivity index (χ2v) is 5.51. The van der Waals surface area contributed by atoms with Gasteiger partial charge in [0.05, 0.1) is 11.9 Å². The highest BCUT2D eigenvalue weighted by molar-refractivity contribution is 5.35. The first-order valence-electron chi connectivity index (χ1n) is 5.63. The molecule has 2 nitrogen and oxygen atoms in total. The minimum Gasteiger partial charge on any atom is -0.485 e. The largest absolute Gasteiger partial charge is 0.485 e. The molecule has 1 fully saturated rings. The lowest BCUT2D eigenvalue weighted by Gasteiger charge is -2.49. The monoisotopic (exact) mass is 208 g/mol. The van der Waals surface area contributed by atoms with Gasteiger partial charge in [-0.3, -0.25) is 0 Å². The molecule has 0 bridgehead atoms. The Morgan fingerprint density at radius 2 is 2.00 bits per heavy atom. The van der Waals surface area contributed by atoms with Crippen molar-refractivity contribution in [2.45, 2.75) is 52.2 Å². The SMILES string of the molecule is CC1=CC=C2C(C)(C)CC[C@H](O)[C@]2(C)O1. The Kier molecular flexibility index (Phi) is 2.23. The van der Waals surface area contributed by atoms with E-state index in [-0.39, 0.29) is 11.5 Å². The third-order valence-corrected chi connectivity index (χ3v) is 3.80. The predicted molar refractivity (Wildman–Crippen MR) is 60.4 cm³/mol. The minimum atomic E-state index is -0.513. The van der Waals surface area contributed by atoms with Crippen molar-refractivity contribution in [3.05, 3.63) is 23.5 Å². The lowest BCUT2D eigenvalue weighted by molar-refractivity contribution is -0.0920. The van der Waals surface area contributed by atoms with Crippen molar-refractivity contribution >= 4 is 0 Å². The van der Waals surface area contributed by atoms with Crippen LogP contribution in [0.2, 0.25) is 0 Å². The highest BCUT2D eigenvalue weighted by Crippen LogP contribution is 2.49. The van der Waals surface area contributed by atoms with Gasteiger partial charge in [0.1, 0.15) is 0 Å². The number of fused-ring (bicyclic) bond motifs is 1. The first-order valence-corrected chi connectivity index (χ1v) is 5.63. The second-order valence-electron chi connectivity index (χ2n) is 5.51. The molecule has 0 saturated heterocycles. The predicted octanol–water partition coefficient (Wildman–Crippen LogP) is 2.79. The van der Waals surface area contributed by atoms with Gasteiger partial charge in [-0.25, -0.2) is 0 Å². The van der Waals surface area contributed by atoms with Gasteiger partial charge in [-0.2, -0.15) is 0 Å². The Hall–Kier alpha value is -0.760. The summed E-state index contributed by atoms with van der Waals surface area (Å²) in [7, 11) is 0. The standard InChI is InChI=1S/C13H20O2/c1-9-5-6-10-12(2,3)8-7-11(14)13(10,4)15-9/h5-6,11,14H,7-8H2,1-4H3/t11-,13+/m0/s1. The van der Waals surface area contributed by atoms with Gasteiger partial charge in [0.15, 0.2) is 5.60 Å². The summed E-state index contributed by atoms with van der Waals surface area (Å²) in [5.41, 5.74) is 0.838. The fraction of sp³-hybridized carbons (Fsp3) is 0.692. The van der Waals surface area contributed by atoms with Gasteiger partial charge in [0, 0.05) is 0 Å². The highest BCUT2D eigenvalue weighted by atomic mass is 16.5. The lowest BCUT2D eigenvalue weighted by atomic mass is 9.64. The first-order chi connectivity index (χ1) is 6.86. The molecule has 1 aliphatic carbocycles. The number of aliphatic hydroxyl groups excluding tert-OH is 1. The molecule has 1 heterocycles. The minimum absolute atomic E-state index is 0.130. The zero-order valence-electron chi connectivity index (χ0n) is 10.0. The van der Waals surface area contributed by atoms with Gasteiger partial charge < -0.3 is 9.84 Å². The van der Waals surface area contributed by atoms with Gasteiger partial charge in [-0.1, -0.05) is 19.9 Å². The Morgan fingerprint density at radius 1 is 1.33 bits per heavy atom. The van der Waals surface area contributed by atoms with Gasteiger partial charge in [0.25, 0.3) is 0 Å². The van der Waals surface area contributed by atoms with E-state index < -0.39 is 5.60 Å². The maximum atomic E-state index is 10.1. The molecule has 2 heteroatoms. The van der Waals surface area contributed by atoms with Gasteiger partial charge >= 0.3 is 0 Å². The molecule has 0 amide bonds. The summed E-state index contributed by atoms with van der Waals surface area (Å²) in [5.74, 6) is 0.887. The maximum Gasteiger partial charge on any atom is 0.153 e. The van der Waals surface area contributed by atoms with E-state index in [4.69, 9.17) is 4.74 Å². The van der Waals surface area contributed by atoms with E-state index in [9.17, 15) is 5.11 Å². The zero-order valence-corrected chi connectivity index (χ0v) is 10.0. The number of aliphatic hydroxyl groups is 1. The van der Waals surface area contributed by atoms with Crippen molar-refractivity contribution in [2.24, 2.45) is 5.41 Å². The number of hydrogen-bond acceptors (Lipinski definition) is 2. The highest BCUT2D eigenvalue weighted by Gasteiger charge is 2.49. The van der Waals surface area contributed by atoms with Crippen molar-refractivity contribution in [1.82, 2.24) is 0 Å². The van der Waals surface area contributed by atoms with Crippen LogP contribution < -0.4 is 0 Å². The van der Waals surface area contributed by atoms with E-state index >= 15 is 0 Å². The Balaban J connectivity index is 2.47. The Morgan fingerprint density at radius 3 is 2.67 bits per heavy atom.